The number of likely N-dealkylation sites (N-methyl/N-ethyl adjacent to an activating group) is 1. The summed E-state index contributed by atoms with van der Waals surface area (Å²) in [5.74, 6) is -0.261. The van der Waals surface area contributed by atoms with E-state index in [1.54, 1.807) is 19.2 Å². The number of hydrogen-bond acceptors (Lipinski definition) is 6. The third-order valence-corrected chi connectivity index (χ3v) is 4.42. The Morgan fingerprint density at radius 1 is 1.17 bits per heavy atom. The number of nitriles is 1. The fourth-order valence-electron chi connectivity index (χ4n) is 2.35. The highest BCUT2D eigenvalue weighted by Gasteiger charge is 2.16. The number of methoxy groups -OCH3 is 1. The summed E-state index contributed by atoms with van der Waals surface area (Å²) in [5.41, 5.74) is 1.04. The van der Waals surface area contributed by atoms with Crippen LogP contribution in [0.1, 0.15) is 22.3 Å². The van der Waals surface area contributed by atoms with Gasteiger partial charge in [-0.3, -0.25) is 4.79 Å². The predicted molar refractivity (Wildman–Crippen MR) is 107 cm³/mol. The first-order chi connectivity index (χ1) is 14.0. The molecule has 8 heteroatoms. The van der Waals surface area contributed by atoms with Gasteiger partial charge in [-0.1, -0.05) is 29.8 Å². The van der Waals surface area contributed by atoms with Gasteiger partial charge < -0.3 is 19.1 Å². The van der Waals surface area contributed by atoms with E-state index in [4.69, 9.17) is 31.1 Å². The predicted octanol–water partition coefficient (Wildman–Crippen LogP) is 3.46. The number of ether oxygens (including phenoxy) is 3. The summed E-state index contributed by atoms with van der Waals surface area (Å²) in [5, 5.41) is 9.14. The van der Waals surface area contributed by atoms with Crippen molar-refractivity contribution in [3.05, 3.63) is 58.6 Å². The van der Waals surface area contributed by atoms with Gasteiger partial charge in [0.2, 0.25) is 0 Å². The minimum absolute atomic E-state index is 0.211. The topological polar surface area (TPSA) is 88.9 Å². The van der Waals surface area contributed by atoms with Crippen molar-refractivity contribution in [2.45, 2.75) is 13.0 Å². The molecule has 0 spiro atoms. The van der Waals surface area contributed by atoms with E-state index in [0.29, 0.717) is 16.5 Å². The molecule has 0 fully saturated rings. The molecule has 0 bridgehead atoms. The van der Waals surface area contributed by atoms with Crippen molar-refractivity contribution in [2.24, 2.45) is 0 Å². The van der Waals surface area contributed by atoms with Gasteiger partial charge in [-0.15, -0.1) is 0 Å². The van der Waals surface area contributed by atoms with Crippen molar-refractivity contribution < 1.29 is 23.8 Å². The van der Waals surface area contributed by atoms with E-state index >= 15 is 0 Å². The average molecular weight is 417 g/mol. The molecule has 0 heterocycles. The highest BCUT2D eigenvalue weighted by atomic mass is 35.5. The number of carbonyl (C=O) groups excluding carboxylic acids is 2. The number of hydrogen-bond donors (Lipinski definition) is 0. The second kappa shape index (κ2) is 10.9. The number of halogens is 1. The molecule has 0 N–H and O–H groups in total. The summed E-state index contributed by atoms with van der Waals surface area (Å²) in [6, 6.07) is 13.9. The maximum absolute atomic E-state index is 12.2. The zero-order valence-corrected chi connectivity index (χ0v) is 16.9. The zero-order chi connectivity index (χ0) is 21.2. The first-order valence-corrected chi connectivity index (χ1v) is 9.16. The van der Waals surface area contributed by atoms with Crippen molar-refractivity contribution in [1.29, 1.82) is 5.26 Å². The fraction of sp³-hybridized carbons (Fsp3) is 0.286. The lowest BCUT2D eigenvalue weighted by molar-refractivity contribution is -0.133. The Kier molecular flexibility index (Phi) is 8.31. The molecule has 152 valence electrons. The van der Waals surface area contributed by atoms with E-state index < -0.39 is 12.6 Å². The molecule has 0 saturated heterocycles. The first kappa shape index (κ1) is 22.1. The molecule has 0 unspecified atom stereocenters. The van der Waals surface area contributed by atoms with Crippen LogP contribution in [0.25, 0.3) is 0 Å². The van der Waals surface area contributed by atoms with Gasteiger partial charge >= 0.3 is 5.97 Å². The summed E-state index contributed by atoms with van der Waals surface area (Å²) in [7, 11) is 3.00. The van der Waals surface area contributed by atoms with Gasteiger partial charge in [-0.05, 0) is 24.3 Å². The molecular formula is C21H21ClN2O5. The van der Waals surface area contributed by atoms with Crippen LogP contribution >= 0.6 is 11.6 Å². The summed E-state index contributed by atoms with van der Waals surface area (Å²) >= 11 is 6.12. The standard InChI is InChI=1S/C21H21ClN2O5/c1-24(11-5-10-23)20(25)14-29-21(26)15-8-9-18(19(12-15)27-2)28-13-16-6-3-4-7-17(16)22/h3-4,6-9,12H,5,11,13-14H2,1-2H3. The molecule has 2 aromatic carbocycles. The lowest BCUT2D eigenvalue weighted by Crippen LogP contribution is -2.31. The minimum Gasteiger partial charge on any atom is -0.493 e. The SMILES string of the molecule is COc1cc(C(=O)OCC(=O)N(C)CCC#N)ccc1OCc1ccccc1Cl. The fourth-order valence-corrected chi connectivity index (χ4v) is 2.54. The van der Waals surface area contributed by atoms with Crippen LogP contribution in [0.5, 0.6) is 11.5 Å². The van der Waals surface area contributed by atoms with Crippen LogP contribution < -0.4 is 9.47 Å². The maximum Gasteiger partial charge on any atom is 0.338 e. The Labute approximate surface area is 174 Å². The number of benzene rings is 2. The molecule has 0 aliphatic heterocycles. The van der Waals surface area contributed by atoms with Gasteiger partial charge in [0.1, 0.15) is 6.61 Å². The van der Waals surface area contributed by atoms with Crippen LogP contribution in [-0.4, -0.2) is 44.1 Å². The van der Waals surface area contributed by atoms with Crippen LogP contribution in [0.3, 0.4) is 0 Å². The zero-order valence-electron chi connectivity index (χ0n) is 16.2. The molecular weight excluding hydrogens is 396 g/mol. The van der Waals surface area contributed by atoms with Crippen molar-refractivity contribution in [3.8, 4) is 17.6 Å². The molecule has 7 nitrogen and oxygen atoms in total. The van der Waals surface area contributed by atoms with E-state index in [1.165, 1.54) is 24.1 Å². The first-order valence-electron chi connectivity index (χ1n) is 8.78. The summed E-state index contributed by atoms with van der Waals surface area (Å²) < 4.78 is 16.1. The maximum atomic E-state index is 12.2. The van der Waals surface area contributed by atoms with Gasteiger partial charge in [0.15, 0.2) is 18.1 Å². The Balaban J connectivity index is 1.98. The van der Waals surface area contributed by atoms with Crippen molar-refractivity contribution in [2.75, 3.05) is 27.3 Å². The lowest BCUT2D eigenvalue weighted by Gasteiger charge is -2.15. The van der Waals surface area contributed by atoms with Crippen LogP contribution in [0.2, 0.25) is 5.02 Å². The van der Waals surface area contributed by atoms with E-state index in [0.717, 1.165) is 5.56 Å². The molecule has 0 aliphatic rings. The smallest absolute Gasteiger partial charge is 0.338 e. The molecule has 1 amide bonds. The van der Waals surface area contributed by atoms with Gasteiger partial charge in [0.05, 0.1) is 25.2 Å². The van der Waals surface area contributed by atoms with E-state index in [9.17, 15) is 9.59 Å². The van der Waals surface area contributed by atoms with Crippen LogP contribution in [-0.2, 0) is 16.1 Å². The number of nitrogens with zero attached hydrogens (tertiary/aromatic N) is 2. The number of esters is 1. The van der Waals surface area contributed by atoms with Gasteiger partial charge in [-0.25, -0.2) is 4.79 Å². The molecule has 0 atom stereocenters. The third kappa shape index (κ3) is 6.40. The second-order valence-corrected chi connectivity index (χ2v) is 6.45. The van der Waals surface area contributed by atoms with Gasteiger partial charge in [0.25, 0.3) is 5.91 Å². The molecule has 0 saturated carbocycles. The quantitative estimate of drug-likeness (QED) is 0.581. The monoisotopic (exact) mass is 416 g/mol. The van der Waals surface area contributed by atoms with Crippen molar-refractivity contribution in [3.63, 3.8) is 0 Å². The normalized spacial score (nSPS) is 10.0. The molecule has 29 heavy (non-hydrogen) atoms. The summed E-state index contributed by atoms with van der Waals surface area (Å²) in [6.45, 7) is 0.107. The Hall–Kier alpha value is -3.24. The number of amides is 1. The highest BCUT2D eigenvalue weighted by Crippen LogP contribution is 2.30. The van der Waals surface area contributed by atoms with Crippen LogP contribution in [0.15, 0.2) is 42.5 Å². The van der Waals surface area contributed by atoms with Gasteiger partial charge in [0, 0.05) is 24.2 Å². The summed E-state index contributed by atoms with van der Waals surface area (Å²) in [4.78, 5) is 25.5. The van der Waals surface area contributed by atoms with Gasteiger partial charge in [-0.2, -0.15) is 5.26 Å². The van der Waals surface area contributed by atoms with Crippen molar-refractivity contribution >= 4 is 23.5 Å². The number of carbonyl (C=O) groups is 2. The van der Waals surface area contributed by atoms with Crippen LogP contribution in [0.4, 0.5) is 0 Å². The molecule has 0 aromatic heterocycles. The van der Waals surface area contributed by atoms with E-state index in [-0.39, 0.29) is 31.0 Å². The minimum atomic E-state index is -0.664. The van der Waals surface area contributed by atoms with E-state index in [2.05, 4.69) is 0 Å². The lowest BCUT2D eigenvalue weighted by atomic mass is 10.2. The van der Waals surface area contributed by atoms with Crippen LogP contribution in [0, 0.1) is 11.3 Å². The largest absolute Gasteiger partial charge is 0.493 e. The Bertz CT molecular complexity index is 910. The van der Waals surface area contributed by atoms with Crippen molar-refractivity contribution in [1.82, 2.24) is 4.90 Å². The molecule has 0 aliphatic carbocycles. The highest BCUT2D eigenvalue weighted by molar-refractivity contribution is 6.31. The summed E-state index contributed by atoms with van der Waals surface area (Å²) in [6.07, 6.45) is 0.211. The second-order valence-electron chi connectivity index (χ2n) is 6.05. The number of rotatable bonds is 9. The molecule has 2 aromatic rings. The molecule has 0 radical (unpaired) electrons. The Morgan fingerprint density at radius 2 is 1.93 bits per heavy atom. The molecule has 2 rings (SSSR count). The van der Waals surface area contributed by atoms with E-state index in [1.807, 2.05) is 24.3 Å². The average Bonchev–Trinajstić information content (AvgIpc) is 2.74. The third-order valence-electron chi connectivity index (χ3n) is 4.05. The Morgan fingerprint density at radius 3 is 2.62 bits per heavy atom.